The molecule has 108 valence electrons. The topological polar surface area (TPSA) is 65.9 Å². The summed E-state index contributed by atoms with van der Waals surface area (Å²) in [7, 11) is 1.84. The van der Waals surface area contributed by atoms with Gasteiger partial charge in [-0.25, -0.2) is 0 Å². The molecule has 0 saturated heterocycles. The summed E-state index contributed by atoms with van der Waals surface area (Å²) in [6.07, 6.45) is 1.83. The van der Waals surface area contributed by atoms with E-state index < -0.39 is 0 Å². The van der Waals surface area contributed by atoms with Gasteiger partial charge in [0.2, 0.25) is 0 Å². The molecular weight excluding hydrogens is 292 g/mol. The average molecular weight is 305 g/mol. The summed E-state index contributed by atoms with van der Waals surface area (Å²) in [6, 6.07) is 6.81. The van der Waals surface area contributed by atoms with Gasteiger partial charge in [-0.05, 0) is 19.1 Å². The quantitative estimate of drug-likeness (QED) is 0.551. The minimum absolute atomic E-state index is 0.110. The molecule has 0 fully saturated rings. The third-order valence-corrected chi connectivity index (χ3v) is 4.06. The van der Waals surface area contributed by atoms with Gasteiger partial charge in [0.05, 0.1) is 38.8 Å². The molecular formula is C14H13ClN4O2. The molecule has 0 radical (unpaired) electrons. The highest BCUT2D eigenvalue weighted by Crippen LogP contribution is 2.28. The molecule has 6 nitrogen and oxygen atoms in total. The van der Waals surface area contributed by atoms with Crippen molar-refractivity contribution in [3.8, 4) is 0 Å². The molecule has 3 aromatic rings. The number of aromatic nitrogens is 3. The van der Waals surface area contributed by atoms with Crippen LogP contribution in [0.3, 0.4) is 0 Å². The van der Waals surface area contributed by atoms with Crippen molar-refractivity contribution in [1.82, 2.24) is 14.3 Å². The number of benzene rings is 1. The maximum Gasteiger partial charge on any atom is 0.278 e. The van der Waals surface area contributed by atoms with Crippen molar-refractivity contribution in [1.29, 1.82) is 0 Å². The lowest BCUT2D eigenvalue weighted by molar-refractivity contribution is -0.383. The molecule has 0 aliphatic heterocycles. The number of rotatable bonds is 3. The second kappa shape index (κ2) is 4.89. The van der Waals surface area contributed by atoms with Crippen LogP contribution in [0.2, 0.25) is 5.02 Å². The van der Waals surface area contributed by atoms with Crippen molar-refractivity contribution in [2.24, 2.45) is 7.05 Å². The van der Waals surface area contributed by atoms with Gasteiger partial charge in [-0.1, -0.05) is 17.7 Å². The zero-order valence-corrected chi connectivity index (χ0v) is 12.3. The standard InChI is InChI=1S/C14H13ClN4O2/c1-9-14(15)13(17(2)16-9)8-18-7-6-10-11(18)4-3-5-12(10)19(20)21/h3-7H,8H2,1-2H3. The van der Waals surface area contributed by atoms with Crippen LogP contribution in [-0.4, -0.2) is 19.3 Å². The van der Waals surface area contributed by atoms with E-state index in [0.717, 1.165) is 16.9 Å². The molecule has 0 spiro atoms. The molecule has 0 saturated carbocycles. The van der Waals surface area contributed by atoms with Gasteiger partial charge in [-0.3, -0.25) is 14.8 Å². The Hall–Kier alpha value is -2.34. The second-order valence-corrected chi connectivity index (χ2v) is 5.26. The van der Waals surface area contributed by atoms with E-state index in [2.05, 4.69) is 5.10 Å². The van der Waals surface area contributed by atoms with E-state index in [-0.39, 0.29) is 10.6 Å². The lowest BCUT2D eigenvalue weighted by Crippen LogP contribution is -2.05. The van der Waals surface area contributed by atoms with Crippen LogP contribution in [0.4, 0.5) is 5.69 Å². The average Bonchev–Trinajstić information content (AvgIpc) is 2.95. The molecule has 0 aliphatic carbocycles. The zero-order valence-electron chi connectivity index (χ0n) is 11.6. The van der Waals surface area contributed by atoms with Crippen LogP contribution in [0.15, 0.2) is 30.5 Å². The second-order valence-electron chi connectivity index (χ2n) is 4.88. The molecule has 0 N–H and O–H groups in total. The summed E-state index contributed by atoms with van der Waals surface area (Å²) >= 11 is 6.26. The van der Waals surface area contributed by atoms with E-state index in [1.807, 2.05) is 30.8 Å². The summed E-state index contributed by atoms with van der Waals surface area (Å²) in [4.78, 5) is 10.7. The normalized spacial score (nSPS) is 11.2. The van der Waals surface area contributed by atoms with Gasteiger partial charge in [0, 0.05) is 19.3 Å². The van der Waals surface area contributed by atoms with Crippen LogP contribution in [-0.2, 0) is 13.6 Å². The number of non-ortho nitro benzene ring substituents is 1. The van der Waals surface area contributed by atoms with E-state index in [4.69, 9.17) is 11.6 Å². The van der Waals surface area contributed by atoms with E-state index in [0.29, 0.717) is 17.0 Å². The van der Waals surface area contributed by atoms with Crippen molar-refractivity contribution >= 4 is 28.2 Å². The van der Waals surface area contributed by atoms with Gasteiger partial charge in [0.25, 0.3) is 5.69 Å². The molecule has 0 aliphatic rings. The van der Waals surface area contributed by atoms with Gasteiger partial charge < -0.3 is 4.57 Å². The van der Waals surface area contributed by atoms with Crippen LogP contribution >= 0.6 is 11.6 Å². The molecule has 0 atom stereocenters. The fourth-order valence-corrected chi connectivity index (χ4v) is 2.74. The number of nitro groups is 1. The number of halogens is 1. The van der Waals surface area contributed by atoms with Crippen molar-refractivity contribution < 1.29 is 4.92 Å². The Morgan fingerprint density at radius 1 is 1.38 bits per heavy atom. The van der Waals surface area contributed by atoms with Gasteiger partial charge in [0.15, 0.2) is 0 Å². The molecule has 21 heavy (non-hydrogen) atoms. The minimum atomic E-state index is -0.367. The highest BCUT2D eigenvalue weighted by molar-refractivity contribution is 6.31. The monoisotopic (exact) mass is 304 g/mol. The Kier molecular flexibility index (Phi) is 3.17. The fourth-order valence-electron chi connectivity index (χ4n) is 2.52. The molecule has 0 amide bonds. The number of hydrogen-bond acceptors (Lipinski definition) is 3. The van der Waals surface area contributed by atoms with Crippen LogP contribution in [0.5, 0.6) is 0 Å². The zero-order chi connectivity index (χ0) is 15.1. The molecule has 0 unspecified atom stereocenters. The Morgan fingerprint density at radius 3 is 2.76 bits per heavy atom. The lowest BCUT2D eigenvalue weighted by Gasteiger charge is -2.06. The SMILES string of the molecule is Cc1nn(C)c(Cn2ccc3c([N+](=O)[O-])cccc32)c1Cl. The van der Waals surface area contributed by atoms with Crippen molar-refractivity contribution in [3.63, 3.8) is 0 Å². The number of nitrogens with zero attached hydrogens (tertiary/aromatic N) is 4. The van der Waals surface area contributed by atoms with E-state index >= 15 is 0 Å². The highest BCUT2D eigenvalue weighted by atomic mass is 35.5. The molecule has 3 rings (SSSR count). The largest absolute Gasteiger partial charge is 0.341 e. The van der Waals surface area contributed by atoms with Crippen molar-refractivity contribution in [3.05, 3.63) is 57.0 Å². The highest BCUT2D eigenvalue weighted by Gasteiger charge is 2.16. The maximum atomic E-state index is 11.1. The van der Waals surface area contributed by atoms with Crippen LogP contribution in [0.1, 0.15) is 11.4 Å². The maximum absolute atomic E-state index is 11.1. The summed E-state index contributed by atoms with van der Waals surface area (Å²) in [5.41, 5.74) is 2.56. The van der Waals surface area contributed by atoms with E-state index in [1.54, 1.807) is 16.8 Å². The summed E-state index contributed by atoms with van der Waals surface area (Å²) in [5, 5.41) is 16.6. The molecule has 1 aromatic carbocycles. The number of nitro benzene ring substituents is 1. The minimum Gasteiger partial charge on any atom is -0.341 e. The van der Waals surface area contributed by atoms with Gasteiger partial charge >= 0.3 is 0 Å². The molecule has 2 heterocycles. The van der Waals surface area contributed by atoms with E-state index in [9.17, 15) is 10.1 Å². The van der Waals surface area contributed by atoms with Gasteiger partial charge in [0.1, 0.15) is 0 Å². The summed E-state index contributed by atoms with van der Waals surface area (Å²) < 4.78 is 3.67. The first-order valence-corrected chi connectivity index (χ1v) is 6.77. The van der Waals surface area contributed by atoms with Crippen LogP contribution in [0, 0.1) is 17.0 Å². The predicted molar refractivity (Wildman–Crippen MR) is 80.6 cm³/mol. The third-order valence-electron chi connectivity index (χ3n) is 3.57. The van der Waals surface area contributed by atoms with Crippen LogP contribution in [0.25, 0.3) is 10.9 Å². The van der Waals surface area contributed by atoms with Crippen molar-refractivity contribution in [2.75, 3.05) is 0 Å². The molecule has 0 bridgehead atoms. The smallest absolute Gasteiger partial charge is 0.278 e. The first kappa shape index (κ1) is 13.6. The predicted octanol–water partition coefficient (Wildman–Crippen LogP) is 3.29. The lowest BCUT2D eigenvalue weighted by atomic mass is 10.2. The Labute approximate surface area is 125 Å². The Bertz CT molecular complexity index is 850. The summed E-state index contributed by atoms with van der Waals surface area (Å²) in [5.74, 6) is 0. The van der Waals surface area contributed by atoms with Crippen LogP contribution < -0.4 is 0 Å². The van der Waals surface area contributed by atoms with E-state index in [1.165, 1.54) is 6.07 Å². The van der Waals surface area contributed by atoms with Gasteiger partial charge in [-0.15, -0.1) is 0 Å². The fraction of sp³-hybridized carbons (Fsp3) is 0.214. The number of aryl methyl sites for hydroxylation is 2. The first-order valence-electron chi connectivity index (χ1n) is 6.39. The Morgan fingerprint density at radius 2 is 2.14 bits per heavy atom. The third kappa shape index (κ3) is 2.17. The number of fused-ring (bicyclic) bond motifs is 1. The number of hydrogen-bond donors (Lipinski definition) is 0. The summed E-state index contributed by atoms with van der Waals surface area (Å²) in [6.45, 7) is 2.37. The van der Waals surface area contributed by atoms with Gasteiger partial charge in [-0.2, -0.15) is 5.10 Å². The Balaban J connectivity index is 2.10. The first-order chi connectivity index (χ1) is 9.99. The molecule has 7 heteroatoms. The molecule has 2 aromatic heterocycles. The van der Waals surface area contributed by atoms with Crippen molar-refractivity contribution in [2.45, 2.75) is 13.5 Å².